The first-order chi connectivity index (χ1) is 8.34. The Morgan fingerprint density at radius 3 is 2.76 bits per heavy atom. The van der Waals surface area contributed by atoms with Crippen molar-refractivity contribution in [1.82, 2.24) is 5.32 Å². The average Bonchev–Trinajstić information content (AvgIpc) is 3.14. The minimum absolute atomic E-state index is 0.412. The molecule has 0 N–H and O–H groups in total. The van der Waals surface area contributed by atoms with Crippen LogP contribution in [0.2, 0.25) is 0 Å². The first kappa shape index (κ1) is 12.0. The van der Waals surface area contributed by atoms with Gasteiger partial charge in [0.05, 0.1) is 6.61 Å². The highest BCUT2D eigenvalue weighted by Gasteiger charge is 2.21. The van der Waals surface area contributed by atoms with Crippen molar-refractivity contribution in [2.75, 3.05) is 13.2 Å². The molecule has 0 atom stereocenters. The van der Waals surface area contributed by atoms with E-state index in [1.165, 1.54) is 18.4 Å². The van der Waals surface area contributed by atoms with E-state index in [4.69, 9.17) is 4.74 Å². The van der Waals surface area contributed by atoms with Crippen molar-refractivity contribution in [3.05, 3.63) is 35.9 Å². The Morgan fingerprint density at radius 2 is 2.06 bits per heavy atom. The fourth-order valence-electron chi connectivity index (χ4n) is 1.69. The first-order valence-electron chi connectivity index (χ1n) is 6.23. The van der Waals surface area contributed by atoms with Gasteiger partial charge in [0.2, 0.25) is 0 Å². The molecule has 3 nitrogen and oxygen atoms in total. The van der Waals surface area contributed by atoms with Gasteiger partial charge >= 0.3 is 6.09 Å². The van der Waals surface area contributed by atoms with Gasteiger partial charge in [0, 0.05) is 13.0 Å². The molecule has 1 aromatic carbocycles. The Morgan fingerprint density at radius 1 is 1.29 bits per heavy atom. The predicted octanol–water partition coefficient (Wildman–Crippen LogP) is 2.77. The lowest BCUT2D eigenvalue weighted by molar-refractivity contribution is 0.146. The van der Waals surface area contributed by atoms with Crippen LogP contribution in [0.1, 0.15) is 24.8 Å². The van der Waals surface area contributed by atoms with Crippen LogP contribution in [0.15, 0.2) is 30.3 Å². The van der Waals surface area contributed by atoms with E-state index in [1.54, 1.807) is 0 Å². The summed E-state index contributed by atoms with van der Waals surface area (Å²) in [6.07, 6.45) is 3.98. The molecule has 2 rings (SSSR count). The summed E-state index contributed by atoms with van der Waals surface area (Å²) in [6.45, 7) is 1.03. The normalized spacial score (nSPS) is 14.4. The third-order valence-corrected chi connectivity index (χ3v) is 2.93. The second-order valence-corrected chi connectivity index (χ2v) is 4.46. The summed E-state index contributed by atoms with van der Waals surface area (Å²) in [7, 11) is 0. The lowest BCUT2D eigenvalue weighted by Gasteiger charge is -2.04. The number of amides is 1. The van der Waals surface area contributed by atoms with E-state index in [-0.39, 0.29) is 0 Å². The van der Waals surface area contributed by atoms with Gasteiger partial charge in [-0.25, -0.2) is 10.1 Å². The fourth-order valence-corrected chi connectivity index (χ4v) is 1.69. The summed E-state index contributed by atoms with van der Waals surface area (Å²) < 4.78 is 5.04. The molecule has 0 aromatic heterocycles. The van der Waals surface area contributed by atoms with Gasteiger partial charge in [0.1, 0.15) is 0 Å². The summed E-state index contributed by atoms with van der Waals surface area (Å²) in [6, 6.07) is 9.99. The van der Waals surface area contributed by atoms with Gasteiger partial charge in [0.25, 0.3) is 0 Å². The van der Waals surface area contributed by atoms with Crippen LogP contribution in [0.4, 0.5) is 4.79 Å². The van der Waals surface area contributed by atoms with Crippen molar-refractivity contribution in [1.29, 1.82) is 0 Å². The van der Waals surface area contributed by atoms with Gasteiger partial charge in [-0.2, -0.15) is 0 Å². The van der Waals surface area contributed by atoms with Crippen molar-refractivity contribution in [3.63, 3.8) is 0 Å². The molecular weight excluding hydrogens is 214 g/mol. The highest BCUT2D eigenvalue weighted by molar-refractivity contribution is 5.66. The van der Waals surface area contributed by atoms with E-state index in [9.17, 15) is 4.79 Å². The molecule has 3 heteroatoms. The van der Waals surface area contributed by atoms with Gasteiger partial charge in [-0.1, -0.05) is 43.2 Å². The highest BCUT2D eigenvalue weighted by atomic mass is 16.5. The fraction of sp³-hybridized carbons (Fsp3) is 0.500. The minimum Gasteiger partial charge on any atom is -0.448 e. The zero-order chi connectivity index (χ0) is 11.9. The number of nitrogens with zero attached hydrogens (tertiary/aromatic N) is 1. The molecule has 0 bridgehead atoms. The van der Waals surface area contributed by atoms with E-state index < -0.39 is 6.09 Å². The van der Waals surface area contributed by atoms with E-state index in [0.717, 1.165) is 18.8 Å². The largest absolute Gasteiger partial charge is 0.448 e. The highest BCUT2D eigenvalue weighted by Crippen LogP contribution is 2.31. The van der Waals surface area contributed by atoms with E-state index in [2.05, 4.69) is 5.32 Å². The van der Waals surface area contributed by atoms with Crippen LogP contribution in [-0.2, 0) is 11.2 Å². The molecule has 1 saturated carbocycles. The van der Waals surface area contributed by atoms with Crippen LogP contribution in [-0.4, -0.2) is 19.2 Å². The van der Waals surface area contributed by atoms with E-state index in [1.807, 2.05) is 30.3 Å². The molecule has 1 aromatic rings. The first-order valence-corrected chi connectivity index (χ1v) is 6.23. The Kier molecular flexibility index (Phi) is 4.42. The molecule has 1 aliphatic carbocycles. The molecule has 1 radical (unpaired) electrons. The molecule has 1 aliphatic rings. The van der Waals surface area contributed by atoms with Crippen molar-refractivity contribution < 1.29 is 9.53 Å². The zero-order valence-corrected chi connectivity index (χ0v) is 9.97. The number of ether oxygens (including phenoxy) is 1. The maximum Gasteiger partial charge on any atom is 0.428 e. The predicted molar refractivity (Wildman–Crippen MR) is 65.8 cm³/mol. The third-order valence-electron chi connectivity index (χ3n) is 2.93. The molecule has 91 valence electrons. The Labute approximate surface area is 102 Å². The zero-order valence-electron chi connectivity index (χ0n) is 9.97. The molecule has 0 heterocycles. The van der Waals surface area contributed by atoms with Crippen LogP contribution in [0.3, 0.4) is 0 Å². The number of carbonyl (C=O) groups excluding carboxylic acids is 1. The van der Waals surface area contributed by atoms with Crippen molar-refractivity contribution in [2.24, 2.45) is 5.92 Å². The molecule has 17 heavy (non-hydrogen) atoms. The van der Waals surface area contributed by atoms with Crippen molar-refractivity contribution >= 4 is 6.09 Å². The number of hydrogen-bond donors (Lipinski definition) is 0. The number of rotatable bonds is 6. The van der Waals surface area contributed by atoms with Crippen molar-refractivity contribution in [2.45, 2.75) is 25.7 Å². The molecule has 0 unspecified atom stereocenters. The van der Waals surface area contributed by atoms with Gasteiger partial charge < -0.3 is 4.74 Å². The van der Waals surface area contributed by atoms with Crippen LogP contribution in [0.5, 0.6) is 0 Å². The topological polar surface area (TPSA) is 40.4 Å². The third kappa shape index (κ3) is 4.89. The Bertz CT molecular complexity index is 346. The lowest BCUT2D eigenvalue weighted by atomic mass is 10.2. The summed E-state index contributed by atoms with van der Waals surface area (Å²) in [4.78, 5) is 11.2. The van der Waals surface area contributed by atoms with Crippen LogP contribution in [0, 0.1) is 5.92 Å². The van der Waals surface area contributed by atoms with E-state index in [0.29, 0.717) is 13.2 Å². The lowest BCUT2D eigenvalue weighted by Crippen LogP contribution is -2.19. The van der Waals surface area contributed by atoms with Gasteiger partial charge in [0.15, 0.2) is 0 Å². The summed E-state index contributed by atoms with van der Waals surface area (Å²) >= 11 is 0. The van der Waals surface area contributed by atoms with Crippen molar-refractivity contribution in [3.8, 4) is 0 Å². The minimum atomic E-state index is -0.415. The molecular formula is C14H18NO2. The second-order valence-electron chi connectivity index (χ2n) is 4.46. The monoisotopic (exact) mass is 232 g/mol. The summed E-state index contributed by atoms with van der Waals surface area (Å²) in [5.74, 6) is 0.816. The van der Waals surface area contributed by atoms with E-state index >= 15 is 0 Å². The average molecular weight is 232 g/mol. The van der Waals surface area contributed by atoms with Crippen LogP contribution in [0.25, 0.3) is 0 Å². The smallest absolute Gasteiger partial charge is 0.428 e. The van der Waals surface area contributed by atoms with Gasteiger partial charge in [-0.15, -0.1) is 0 Å². The molecule has 0 spiro atoms. The SMILES string of the molecule is O=C([N]CCC1CC1)OCCc1ccccc1. The Balaban J connectivity index is 1.53. The van der Waals surface area contributed by atoms with Gasteiger partial charge in [-0.3, -0.25) is 0 Å². The van der Waals surface area contributed by atoms with Crippen LogP contribution < -0.4 is 5.32 Å². The molecule has 0 saturated heterocycles. The number of hydrogen-bond acceptors (Lipinski definition) is 2. The quantitative estimate of drug-likeness (QED) is 0.756. The standard InChI is InChI=1S/C14H18NO2/c16-14(15-10-8-13-6-7-13)17-11-9-12-4-2-1-3-5-12/h1-5,13H,6-11H2. The molecule has 1 amide bonds. The Hall–Kier alpha value is -1.51. The maximum atomic E-state index is 11.2. The summed E-state index contributed by atoms with van der Waals surface area (Å²) in [5, 5.41) is 3.87. The number of benzene rings is 1. The molecule has 1 fully saturated rings. The van der Waals surface area contributed by atoms with Gasteiger partial charge in [-0.05, 0) is 17.9 Å². The molecule has 0 aliphatic heterocycles. The summed E-state index contributed by atoms with van der Waals surface area (Å²) in [5.41, 5.74) is 1.18. The maximum absolute atomic E-state index is 11.2. The van der Waals surface area contributed by atoms with Crippen LogP contribution >= 0.6 is 0 Å². The number of carbonyl (C=O) groups is 1. The second kappa shape index (κ2) is 6.28.